The molecule has 1 heterocycles. The van der Waals surface area contributed by atoms with E-state index in [0.29, 0.717) is 5.25 Å². The lowest BCUT2D eigenvalue weighted by atomic mass is 10.3. The fraction of sp³-hybridized carbons (Fsp3) is 0.800. The summed E-state index contributed by atoms with van der Waals surface area (Å²) < 4.78 is 0. The van der Waals surface area contributed by atoms with E-state index in [1.165, 1.54) is 0 Å². The maximum Gasteiger partial charge on any atom is 0.242 e. The molecule has 1 atom stereocenters. The number of nitrogens with two attached hydrogens (primary N) is 1. The summed E-state index contributed by atoms with van der Waals surface area (Å²) in [6, 6.07) is 0. The number of amides is 2. The molecule has 3 N–H and O–H groups in total. The Morgan fingerprint density at radius 3 is 2.94 bits per heavy atom. The van der Waals surface area contributed by atoms with Crippen molar-refractivity contribution in [1.82, 2.24) is 10.2 Å². The maximum absolute atomic E-state index is 11.7. The van der Waals surface area contributed by atoms with Crippen LogP contribution >= 0.6 is 11.8 Å². The van der Waals surface area contributed by atoms with E-state index in [2.05, 4.69) is 12.2 Å². The molecule has 1 aliphatic rings. The summed E-state index contributed by atoms with van der Waals surface area (Å²) in [5.41, 5.74) is 5.14. The molecule has 1 aliphatic heterocycles. The first-order valence-corrected chi connectivity index (χ1v) is 6.58. The standard InChI is InChI=1S/C10H19N3O2S/c1-2-8-7-13(3-4-16-8)10(15)6-12-9(14)5-11/h8H,2-7,11H2,1H3,(H,12,14). The molecule has 2 amide bonds. The number of carbonyl (C=O) groups is 2. The number of nitrogens with one attached hydrogen (secondary N) is 1. The van der Waals surface area contributed by atoms with Gasteiger partial charge in [0.1, 0.15) is 0 Å². The highest BCUT2D eigenvalue weighted by Gasteiger charge is 2.22. The third kappa shape index (κ3) is 4.02. The quantitative estimate of drug-likeness (QED) is 0.694. The first kappa shape index (κ1) is 13.3. The van der Waals surface area contributed by atoms with Gasteiger partial charge in [0.15, 0.2) is 0 Å². The van der Waals surface area contributed by atoms with E-state index < -0.39 is 0 Å². The lowest BCUT2D eigenvalue weighted by molar-refractivity contribution is -0.132. The van der Waals surface area contributed by atoms with Crippen LogP contribution in [0, 0.1) is 0 Å². The van der Waals surface area contributed by atoms with Gasteiger partial charge in [-0.15, -0.1) is 0 Å². The van der Waals surface area contributed by atoms with Crippen molar-refractivity contribution in [3.8, 4) is 0 Å². The number of hydrogen-bond donors (Lipinski definition) is 2. The van der Waals surface area contributed by atoms with Crippen LogP contribution in [0.2, 0.25) is 0 Å². The van der Waals surface area contributed by atoms with Gasteiger partial charge in [-0.2, -0.15) is 11.8 Å². The average Bonchev–Trinajstić information content (AvgIpc) is 2.35. The molecule has 5 nitrogen and oxygen atoms in total. The highest BCUT2D eigenvalue weighted by molar-refractivity contribution is 8.00. The van der Waals surface area contributed by atoms with Crippen molar-refractivity contribution in [2.24, 2.45) is 5.73 Å². The van der Waals surface area contributed by atoms with Gasteiger partial charge in [-0.05, 0) is 6.42 Å². The summed E-state index contributed by atoms with van der Waals surface area (Å²) in [5, 5.41) is 3.03. The first-order chi connectivity index (χ1) is 7.67. The van der Waals surface area contributed by atoms with E-state index in [9.17, 15) is 9.59 Å². The van der Waals surface area contributed by atoms with Crippen LogP contribution in [-0.2, 0) is 9.59 Å². The summed E-state index contributed by atoms with van der Waals surface area (Å²) in [7, 11) is 0. The first-order valence-electron chi connectivity index (χ1n) is 5.53. The number of nitrogens with zero attached hydrogens (tertiary/aromatic N) is 1. The van der Waals surface area contributed by atoms with Crippen molar-refractivity contribution < 1.29 is 9.59 Å². The minimum Gasteiger partial charge on any atom is -0.346 e. The molecule has 1 saturated heterocycles. The van der Waals surface area contributed by atoms with E-state index in [0.717, 1.165) is 25.3 Å². The number of hydrogen-bond acceptors (Lipinski definition) is 4. The molecule has 0 saturated carbocycles. The van der Waals surface area contributed by atoms with Gasteiger partial charge in [0.05, 0.1) is 13.1 Å². The molecule has 0 spiro atoms. The Morgan fingerprint density at radius 2 is 2.31 bits per heavy atom. The van der Waals surface area contributed by atoms with Gasteiger partial charge in [-0.1, -0.05) is 6.92 Å². The third-order valence-electron chi connectivity index (χ3n) is 2.57. The second kappa shape index (κ2) is 6.75. The SMILES string of the molecule is CCC1CN(C(=O)CNC(=O)CN)CCS1. The molecule has 0 radical (unpaired) electrons. The maximum atomic E-state index is 11.7. The monoisotopic (exact) mass is 245 g/mol. The summed E-state index contributed by atoms with van der Waals surface area (Å²) in [5.74, 6) is 0.682. The van der Waals surface area contributed by atoms with Crippen LogP contribution in [0.25, 0.3) is 0 Å². The van der Waals surface area contributed by atoms with Crippen LogP contribution in [-0.4, -0.2) is 53.9 Å². The van der Waals surface area contributed by atoms with Crippen LogP contribution in [0.4, 0.5) is 0 Å². The summed E-state index contributed by atoms with van der Waals surface area (Å²) in [6.07, 6.45) is 1.07. The van der Waals surface area contributed by atoms with Crippen molar-refractivity contribution >= 4 is 23.6 Å². The van der Waals surface area contributed by atoms with Crippen molar-refractivity contribution in [3.63, 3.8) is 0 Å². The molecule has 0 aromatic carbocycles. The lowest BCUT2D eigenvalue weighted by Gasteiger charge is -2.32. The zero-order chi connectivity index (χ0) is 12.0. The number of rotatable bonds is 4. The molecule has 0 aromatic heterocycles. The molecule has 92 valence electrons. The highest BCUT2D eigenvalue weighted by atomic mass is 32.2. The van der Waals surface area contributed by atoms with Crippen molar-refractivity contribution in [2.45, 2.75) is 18.6 Å². The third-order valence-corrected chi connectivity index (χ3v) is 3.94. The Morgan fingerprint density at radius 1 is 1.56 bits per heavy atom. The molecule has 1 fully saturated rings. The second-order valence-corrected chi connectivity index (χ2v) is 5.13. The highest BCUT2D eigenvalue weighted by Crippen LogP contribution is 2.20. The predicted octanol–water partition coefficient (Wildman–Crippen LogP) is -0.585. The Hall–Kier alpha value is -0.750. The van der Waals surface area contributed by atoms with Crippen LogP contribution in [0.1, 0.15) is 13.3 Å². The van der Waals surface area contributed by atoms with E-state index in [4.69, 9.17) is 5.73 Å². The smallest absolute Gasteiger partial charge is 0.242 e. The topological polar surface area (TPSA) is 75.4 Å². The number of thioether (sulfide) groups is 1. The fourth-order valence-electron chi connectivity index (χ4n) is 1.55. The zero-order valence-corrected chi connectivity index (χ0v) is 10.4. The normalized spacial score (nSPS) is 20.6. The van der Waals surface area contributed by atoms with Gasteiger partial charge in [0, 0.05) is 24.1 Å². The molecule has 1 rings (SSSR count). The minimum absolute atomic E-state index is 0.0134. The van der Waals surface area contributed by atoms with Gasteiger partial charge >= 0.3 is 0 Å². The average molecular weight is 245 g/mol. The summed E-state index contributed by atoms with van der Waals surface area (Å²) in [4.78, 5) is 24.5. The second-order valence-electron chi connectivity index (χ2n) is 3.72. The molecular formula is C10H19N3O2S. The Bertz CT molecular complexity index is 260. The lowest BCUT2D eigenvalue weighted by Crippen LogP contribution is -2.47. The predicted molar refractivity (Wildman–Crippen MR) is 65.2 cm³/mol. The van der Waals surface area contributed by atoms with Gasteiger partial charge in [-0.25, -0.2) is 0 Å². The van der Waals surface area contributed by atoms with Gasteiger partial charge < -0.3 is 16.0 Å². The Balaban J connectivity index is 2.32. The van der Waals surface area contributed by atoms with E-state index in [1.807, 2.05) is 16.7 Å². The fourth-order valence-corrected chi connectivity index (χ4v) is 2.73. The van der Waals surface area contributed by atoms with Gasteiger partial charge in [0.25, 0.3) is 0 Å². The molecule has 1 unspecified atom stereocenters. The van der Waals surface area contributed by atoms with Crippen molar-refractivity contribution in [3.05, 3.63) is 0 Å². The zero-order valence-electron chi connectivity index (χ0n) is 9.57. The van der Waals surface area contributed by atoms with Crippen LogP contribution < -0.4 is 11.1 Å². The van der Waals surface area contributed by atoms with Gasteiger partial charge in [0.2, 0.25) is 11.8 Å². The minimum atomic E-state index is -0.285. The molecular weight excluding hydrogens is 226 g/mol. The molecule has 0 aliphatic carbocycles. The molecule has 6 heteroatoms. The number of carbonyl (C=O) groups excluding carboxylic acids is 2. The van der Waals surface area contributed by atoms with Crippen molar-refractivity contribution in [1.29, 1.82) is 0 Å². The van der Waals surface area contributed by atoms with Gasteiger partial charge in [-0.3, -0.25) is 9.59 Å². The van der Waals surface area contributed by atoms with Crippen molar-refractivity contribution in [2.75, 3.05) is 31.9 Å². The molecule has 0 bridgehead atoms. The van der Waals surface area contributed by atoms with E-state index in [1.54, 1.807) is 0 Å². The molecule has 16 heavy (non-hydrogen) atoms. The van der Waals surface area contributed by atoms with Crippen LogP contribution in [0.15, 0.2) is 0 Å². The Labute approximate surface area is 100 Å². The van der Waals surface area contributed by atoms with E-state index >= 15 is 0 Å². The van der Waals surface area contributed by atoms with Crippen LogP contribution in [0.5, 0.6) is 0 Å². The molecule has 0 aromatic rings. The largest absolute Gasteiger partial charge is 0.346 e. The Kier molecular flexibility index (Phi) is 5.62. The summed E-state index contributed by atoms with van der Waals surface area (Å²) in [6.45, 7) is 3.69. The summed E-state index contributed by atoms with van der Waals surface area (Å²) >= 11 is 1.91. The van der Waals surface area contributed by atoms with E-state index in [-0.39, 0.29) is 24.9 Å². The van der Waals surface area contributed by atoms with Crippen LogP contribution in [0.3, 0.4) is 0 Å².